The minimum absolute atomic E-state index is 0.244. The second-order valence-corrected chi connectivity index (χ2v) is 5.41. The molecule has 1 heterocycles. The molecule has 2 nitrogen and oxygen atoms in total. The molecule has 1 atom stereocenters. The van der Waals surface area contributed by atoms with Gasteiger partial charge in [-0.3, -0.25) is 0 Å². The average molecular weight is 322 g/mol. The number of ether oxygens (including phenoxy) is 1. The van der Waals surface area contributed by atoms with E-state index in [0.717, 1.165) is 22.5 Å². The summed E-state index contributed by atoms with van der Waals surface area (Å²) >= 11 is 3.35. The van der Waals surface area contributed by atoms with Crippen LogP contribution in [0.5, 0.6) is 5.75 Å². The summed E-state index contributed by atoms with van der Waals surface area (Å²) < 4.78 is 19.4. The number of hydrogen-bond donors (Lipinski definition) is 1. The number of hydrogen-bond acceptors (Lipinski definition) is 2. The zero-order valence-corrected chi connectivity index (χ0v) is 11.8. The van der Waals surface area contributed by atoms with Gasteiger partial charge in [0.05, 0.1) is 6.61 Å². The average Bonchev–Trinajstić information content (AvgIpc) is 2.81. The number of nitrogens with one attached hydrogen (secondary N) is 1. The molecule has 1 N–H and O–H groups in total. The van der Waals surface area contributed by atoms with Gasteiger partial charge in [0.1, 0.15) is 11.6 Å². The number of rotatable bonds is 3. The zero-order valence-electron chi connectivity index (χ0n) is 10.2. The Morgan fingerprint density at radius 2 is 2.11 bits per heavy atom. The highest BCUT2D eigenvalue weighted by Crippen LogP contribution is 2.34. The lowest BCUT2D eigenvalue weighted by Crippen LogP contribution is -2.14. The lowest BCUT2D eigenvalue weighted by molar-refractivity contribution is 0.334. The summed E-state index contributed by atoms with van der Waals surface area (Å²) in [6.07, 6.45) is 0. The van der Waals surface area contributed by atoms with Gasteiger partial charge in [-0.15, -0.1) is 0 Å². The Morgan fingerprint density at radius 3 is 2.95 bits per heavy atom. The van der Waals surface area contributed by atoms with Crippen LogP contribution in [0.25, 0.3) is 0 Å². The first-order valence-corrected chi connectivity index (χ1v) is 6.94. The Labute approximate surface area is 119 Å². The predicted molar refractivity (Wildman–Crippen MR) is 77.3 cm³/mol. The maximum Gasteiger partial charge on any atom is 0.124 e. The quantitative estimate of drug-likeness (QED) is 0.915. The van der Waals surface area contributed by atoms with Crippen molar-refractivity contribution in [2.24, 2.45) is 0 Å². The van der Waals surface area contributed by atoms with E-state index in [4.69, 9.17) is 4.74 Å². The summed E-state index contributed by atoms with van der Waals surface area (Å²) in [5, 5.41) is 3.33. The third-order valence-electron chi connectivity index (χ3n) is 3.27. The van der Waals surface area contributed by atoms with Crippen molar-refractivity contribution < 1.29 is 9.13 Å². The molecule has 2 aromatic rings. The number of fused-ring (bicyclic) bond motifs is 1. The van der Waals surface area contributed by atoms with Crippen LogP contribution in [0.2, 0.25) is 0 Å². The standard InChI is InChI=1S/C15H13BrFNO/c16-13-7-11(17)5-6-14(13)18-8-10-9-19-15-4-2-1-3-12(10)15/h1-7,10,18H,8-9H2. The molecule has 0 bridgehead atoms. The van der Waals surface area contributed by atoms with Crippen LogP contribution < -0.4 is 10.1 Å². The maximum atomic E-state index is 13.0. The van der Waals surface area contributed by atoms with Crippen LogP contribution >= 0.6 is 15.9 Å². The van der Waals surface area contributed by atoms with Crippen LogP contribution in [0, 0.1) is 5.82 Å². The van der Waals surface area contributed by atoms with E-state index < -0.39 is 0 Å². The normalized spacial score (nSPS) is 16.8. The molecule has 1 unspecified atom stereocenters. The summed E-state index contributed by atoms with van der Waals surface area (Å²) in [6, 6.07) is 12.7. The lowest BCUT2D eigenvalue weighted by Gasteiger charge is -2.13. The van der Waals surface area contributed by atoms with E-state index in [1.54, 1.807) is 6.07 Å². The molecule has 0 saturated heterocycles. The molecule has 2 aromatic carbocycles. The third-order valence-corrected chi connectivity index (χ3v) is 3.92. The first kappa shape index (κ1) is 12.5. The summed E-state index contributed by atoms with van der Waals surface area (Å²) in [7, 11) is 0. The first-order chi connectivity index (χ1) is 9.24. The van der Waals surface area contributed by atoms with Gasteiger partial charge in [0.2, 0.25) is 0 Å². The van der Waals surface area contributed by atoms with E-state index >= 15 is 0 Å². The Morgan fingerprint density at radius 1 is 1.26 bits per heavy atom. The van der Waals surface area contributed by atoms with E-state index in [0.29, 0.717) is 12.5 Å². The summed E-state index contributed by atoms with van der Waals surface area (Å²) in [6.45, 7) is 1.45. The van der Waals surface area contributed by atoms with Crippen molar-refractivity contribution >= 4 is 21.6 Å². The molecule has 0 radical (unpaired) electrons. The summed E-state index contributed by atoms with van der Waals surface area (Å²) in [5.74, 6) is 1.05. The molecular formula is C15H13BrFNO. The van der Waals surface area contributed by atoms with Crippen molar-refractivity contribution in [2.75, 3.05) is 18.5 Å². The van der Waals surface area contributed by atoms with Crippen LogP contribution in [0.15, 0.2) is 46.9 Å². The first-order valence-electron chi connectivity index (χ1n) is 6.14. The van der Waals surface area contributed by atoms with Gasteiger partial charge in [-0.25, -0.2) is 4.39 Å². The van der Waals surface area contributed by atoms with Gasteiger partial charge < -0.3 is 10.1 Å². The monoisotopic (exact) mass is 321 g/mol. The Hall–Kier alpha value is -1.55. The number of para-hydroxylation sites is 1. The van der Waals surface area contributed by atoms with Crippen molar-refractivity contribution in [1.29, 1.82) is 0 Å². The maximum absolute atomic E-state index is 13.0. The fourth-order valence-corrected chi connectivity index (χ4v) is 2.76. The Kier molecular flexibility index (Phi) is 3.42. The topological polar surface area (TPSA) is 21.3 Å². The van der Waals surface area contributed by atoms with Gasteiger partial charge in [-0.2, -0.15) is 0 Å². The predicted octanol–water partition coefficient (Wildman–Crippen LogP) is 4.18. The SMILES string of the molecule is Fc1ccc(NCC2COc3ccccc32)c(Br)c1. The zero-order chi connectivity index (χ0) is 13.2. The fraction of sp³-hybridized carbons (Fsp3) is 0.200. The Balaban J connectivity index is 1.71. The van der Waals surface area contributed by atoms with E-state index in [-0.39, 0.29) is 5.82 Å². The molecule has 4 heteroatoms. The van der Waals surface area contributed by atoms with Crippen molar-refractivity contribution in [3.8, 4) is 5.75 Å². The van der Waals surface area contributed by atoms with E-state index in [9.17, 15) is 4.39 Å². The van der Waals surface area contributed by atoms with Crippen LogP contribution in [-0.4, -0.2) is 13.2 Å². The highest BCUT2D eigenvalue weighted by Gasteiger charge is 2.23. The second-order valence-electron chi connectivity index (χ2n) is 4.55. The van der Waals surface area contributed by atoms with Gasteiger partial charge in [-0.1, -0.05) is 18.2 Å². The molecule has 3 rings (SSSR count). The van der Waals surface area contributed by atoms with Crippen LogP contribution in [0.4, 0.5) is 10.1 Å². The minimum atomic E-state index is -0.244. The fourth-order valence-electron chi connectivity index (χ4n) is 2.26. The van der Waals surface area contributed by atoms with E-state index in [1.165, 1.54) is 17.7 Å². The van der Waals surface area contributed by atoms with Crippen LogP contribution in [0.1, 0.15) is 11.5 Å². The van der Waals surface area contributed by atoms with Gasteiger partial charge in [0.15, 0.2) is 0 Å². The van der Waals surface area contributed by atoms with Crippen LogP contribution in [-0.2, 0) is 0 Å². The lowest BCUT2D eigenvalue weighted by atomic mass is 10.0. The van der Waals surface area contributed by atoms with Gasteiger partial charge in [0.25, 0.3) is 0 Å². The molecule has 19 heavy (non-hydrogen) atoms. The van der Waals surface area contributed by atoms with Crippen molar-refractivity contribution in [3.05, 3.63) is 58.3 Å². The molecule has 0 spiro atoms. The van der Waals surface area contributed by atoms with Gasteiger partial charge in [0, 0.05) is 28.2 Å². The van der Waals surface area contributed by atoms with Crippen molar-refractivity contribution in [3.63, 3.8) is 0 Å². The summed E-state index contributed by atoms with van der Waals surface area (Å²) in [5.41, 5.74) is 2.12. The third kappa shape index (κ3) is 2.59. The van der Waals surface area contributed by atoms with Crippen molar-refractivity contribution in [2.45, 2.75) is 5.92 Å². The molecule has 0 fully saturated rings. The minimum Gasteiger partial charge on any atom is -0.493 e. The molecule has 1 aliphatic rings. The molecule has 0 saturated carbocycles. The second kappa shape index (κ2) is 5.21. The van der Waals surface area contributed by atoms with Gasteiger partial charge >= 0.3 is 0 Å². The molecule has 0 aromatic heterocycles. The Bertz CT molecular complexity index is 602. The van der Waals surface area contributed by atoms with E-state index in [1.807, 2.05) is 18.2 Å². The molecule has 0 amide bonds. The number of anilines is 1. The van der Waals surface area contributed by atoms with Crippen molar-refractivity contribution in [1.82, 2.24) is 0 Å². The molecule has 98 valence electrons. The molecular weight excluding hydrogens is 309 g/mol. The smallest absolute Gasteiger partial charge is 0.124 e. The highest BCUT2D eigenvalue weighted by molar-refractivity contribution is 9.10. The summed E-state index contributed by atoms with van der Waals surface area (Å²) in [4.78, 5) is 0. The number of benzene rings is 2. The van der Waals surface area contributed by atoms with Gasteiger partial charge in [-0.05, 0) is 40.2 Å². The highest BCUT2D eigenvalue weighted by atomic mass is 79.9. The van der Waals surface area contributed by atoms with Crippen LogP contribution in [0.3, 0.4) is 0 Å². The molecule has 1 aliphatic heterocycles. The van der Waals surface area contributed by atoms with E-state index in [2.05, 4.69) is 27.3 Å². The number of halogens is 2. The largest absolute Gasteiger partial charge is 0.493 e. The molecule has 0 aliphatic carbocycles.